The molecule has 2 aromatic rings. The van der Waals surface area contributed by atoms with Crippen molar-refractivity contribution in [1.82, 2.24) is 24.5 Å². The van der Waals surface area contributed by atoms with Crippen molar-refractivity contribution in [2.45, 2.75) is 26.4 Å². The molecule has 0 unspecified atom stereocenters. The van der Waals surface area contributed by atoms with E-state index in [0.29, 0.717) is 25.2 Å². The summed E-state index contributed by atoms with van der Waals surface area (Å²) in [5.41, 5.74) is 5.99. The Bertz CT molecular complexity index is 574. The second-order valence-electron chi connectivity index (χ2n) is 4.02. The molecule has 0 aliphatic rings. The molecule has 2 rings (SSSR count). The van der Waals surface area contributed by atoms with Gasteiger partial charge in [-0.05, 0) is 13.5 Å². The molecule has 19 heavy (non-hydrogen) atoms. The van der Waals surface area contributed by atoms with E-state index in [1.54, 1.807) is 10.9 Å². The second kappa shape index (κ2) is 5.61. The fourth-order valence-corrected chi connectivity index (χ4v) is 1.92. The number of hydrogen-bond acceptors (Lipinski definition) is 5. The highest BCUT2D eigenvalue weighted by atomic mass is 16.4. The molecule has 0 bridgehead atoms. The van der Waals surface area contributed by atoms with Gasteiger partial charge in [0.05, 0.1) is 5.69 Å². The van der Waals surface area contributed by atoms with Gasteiger partial charge >= 0.3 is 5.97 Å². The van der Waals surface area contributed by atoms with E-state index in [1.807, 2.05) is 17.7 Å². The molecule has 0 aliphatic carbocycles. The number of aryl methyl sites for hydroxylation is 1. The lowest BCUT2D eigenvalue weighted by molar-refractivity contribution is 0.0689. The third-order valence-electron chi connectivity index (χ3n) is 2.85. The lowest BCUT2D eigenvalue weighted by Crippen LogP contribution is -2.16. The van der Waals surface area contributed by atoms with Crippen LogP contribution in [-0.4, -0.2) is 42.2 Å². The third kappa shape index (κ3) is 2.63. The number of nitrogens with two attached hydrogens (primary N) is 1. The summed E-state index contributed by atoms with van der Waals surface area (Å²) in [5.74, 6) is -0.281. The van der Waals surface area contributed by atoms with E-state index in [1.165, 1.54) is 0 Å². The predicted molar refractivity (Wildman–Crippen MR) is 66.7 cm³/mol. The fourth-order valence-electron chi connectivity index (χ4n) is 1.92. The highest BCUT2D eigenvalue weighted by Crippen LogP contribution is 2.09. The highest BCUT2D eigenvalue weighted by molar-refractivity contribution is 5.86. The Morgan fingerprint density at radius 2 is 2.32 bits per heavy atom. The smallest absolute Gasteiger partial charge is 0.358 e. The maximum absolute atomic E-state index is 11.1. The summed E-state index contributed by atoms with van der Waals surface area (Å²) in [6.07, 6.45) is 3.99. The van der Waals surface area contributed by atoms with Gasteiger partial charge in [-0.3, -0.25) is 0 Å². The third-order valence-corrected chi connectivity index (χ3v) is 2.85. The van der Waals surface area contributed by atoms with Crippen LogP contribution in [0, 0.1) is 0 Å². The minimum absolute atomic E-state index is 0.0416. The molecule has 3 N–H and O–H groups in total. The molecular weight excluding hydrogens is 248 g/mol. The van der Waals surface area contributed by atoms with Crippen molar-refractivity contribution in [3.05, 3.63) is 29.6 Å². The van der Waals surface area contributed by atoms with Crippen LogP contribution in [0.2, 0.25) is 0 Å². The topological polar surface area (TPSA) is 112 Å². The van der Waals surface area contributed by atoms with Crippen molar-refractivity contribution < 1.29 is 9.90 Å². The zero-order chi connectivity index (χ0) is 13.8. The summed E-state index contributed by atoms with van der Waals surface area (Å²) in [4.78, 5) is 15.3. The van der Waals surface area contributed by atoms with Crippen LogP contribution >= 0.6 is 0 Å². The molecule has 0 amide bonds. The maximum Gasteiger partial charge on any atom is 0.358 e. The molecule has 8 nitrogen and oxygen atoms in total. The summed E-state index contributed by atoms with van der Waals surface area (Å²) >= 11 is 0. The first kappa shape index (κ1) is 13.2. The van der Waals surface area contributed by atoms with Crippen LogP contribution < -0.4 is 5.73 Å². The minimum atomic E-state index is -1.09. The van der Waals surface area contributed by atoms with Crippen LogP contribution in [0.3, 0.4) is 0 Å². The van der Waals surface area contributed by atoms with E-state index < -0.39 is 5.97 Å². The number of carboxylic acids is 1. The lowest BCUT2D eigenvalue weighted by atomic mass is 10.2. The molecule has 0 aromatic carbocycles. The van der Waals surface area contributed by atoms with Gasteiger partial charge < -0.3 is 15.4 Å². The first-order chi connectivity index (χ1) is 9.17. The lowest BCUT2D eigenvalue weighted by Gasteiger charge is -2.07. The van der Waals surface area contributed by atoms with Crippen LogP contribution in [0.1, 0.15) is 28.9 Å². The molecule has 0 spiro atoms. The molecule has 0 aliphatic heterocycles. The van der Waals surface area contributed by atoms with Gasteiger partial charge in [-0.15, -0.1) is 5.10 Å². The summed E-state index contributed by atoms with van der Waals surface area (Å²) < 4.78 is 3.51. The summed E-state index contributed by atoms with van der Waals surface area (Å²) in [7, 11) is 0. The van der Waals surface area contributed by atoms with Crippen molar-refractivity contribution >= 4 is 5.97 Å². The SMILES string of the molecule is CCn1ccnc1Cn1nnc(C(=O)O)c1CCN. The number of aromatic nitrogens is 5. The van der Waals surface area contributed by atoms with E-state index in [-0.39, 0.29) is 5.69 Å². The van der Waals surface area contributed by atoms with E-state index in [2.05, 4.69) is 15.3 Å². The van der Waals surface area contributed by atoms with Gasteiger partial charge in [0.15, 0.2) is 5.69 Å². The number of rotatable bonds is 6. The Hall–Kier alpha value is -2.22. The van der Waals surface area contributed by atoms with Crippen molar-refractivity contribution in [1.29, 1.82) is 0 Å². The van der Waals surface area contributed by atoms with Crippen LogP contribution in [0.15, 0.2) is 12.4 Å². The van der Waals surface area contributed by atoms with Crippen molar-refractivity contribution in [3.8, 4) is 0 Å². The molecule has 102 valence electrons. The van der Waals surface area contributed by atoms with Gasteiger partial charge in [-0.25, -0.2) is 14.5 Å². The average molecular weight is 264 g/mol. The molecule has 8 heteroatoms. The van der Waals surface area contributed by atoms with Crippen LogP contribution in [0.4, 0.5) is 0 Å². The molecule has 0 saturated heterocycles. The Kier molecular flexibility index (Phi) is 3.91. The van der Waals surface area contributed by atoms with Crippen LogP contribution in [-0.2, 0) is 19.5 Å². The Labute approximate surface area is 109 Å². The second-order valence-corrected chi connectivity index (χ2v) is 4.02. The largest absolute Gasteiger partial charge is 0.476 e. The summed E-state index contributed by atoms with van der Waals surface area (Å²) in [6, 6.07) is 0. The first-order valence-electron chi connectivity index (χ1n) is 6.03. The van der Waals surface area contributed by atoms with Gasteiger partial charge in [0.25, 0.3) is 0 Å². The number of imidazole rings is 1. The molecule has 2 aromatic heterocycles. The molecule has 0 fully saturated rings. The predicted octanol–water partition coefficient (Wildman–Crippen LogP) is -0.258. The van der Waals surface area contributed by atoms with E-state index >= 15 is 0 Å². The van der Waals surface area contributed by atoms with Gasteiger partial charge in [0, 0.05) is 25.4 Å². The van der Waals surface area contributed by atoms with Crippen molar-refractivity contribution in [2.75, 3.05) is 6.54 Å². The molecule has 0 radical (unpaired) electrons. The Morgan fingerprint density at radius 1 is 1.53 bits per heavy atom. The van der Waals surface area contributed by atoms with E-state index in [4.69, 9.17) is 10.8 Å². The minimum Gasteiger partial charge on any atom is -0.476 e. The fraction of sp³-hybridized carbons (Fsp3) is 0.455. The van der Waals surface area contributed by atoms with Crippen LogP contribution in [0.25, 0.3) is 0 Å². The molecule has 0 atom stereocenters. The molecule has 0 saturated carbocycles. The van der Waals surface area contributed by atoms with Crippen LogP contribution in [0.5, 0.6) is 0 Å². The standard InChI is InChI=1S/C11H16N6O2/c1-2-16-6-5-13-9(16)7-17-8(3-4-12)10(11(18)19)14-15-17/h5-6H,2-4,7,12H2,1H3,(H,18,19). The zero-order valence-electron chi connectivity index (χ0n) is 10.7. The average Bonchev–Trinajstić information content (AvgIpc) is 2.98. The highest BCUT2D eigenvalue weighted by Gasteiger charge is 2.19. The monoisotopic (exact) mass is 264 g/mol. The molecular formula is C11H16N6O2. The van der Waals surface area contributed by atoms with Crippen molar-refractivity contribution in [2.24, 2.45) is 5.73 Å². The Balaban J connectivity index is 2.32. The maximum atomic E-state index is 11.1. The number of carboxylic acid groups (broad SMARTS) is 1. The van der Waals surface area contributed by atoms with Gasteiger partial charge in [0.1, 0.15) is 12.4 Å². The number of hydrogen-bond donors (Lipinski definition) is 2. The zero-order valence-corrected chi connectivity index (χ0v) is 10.7. The number of aromatic carboxylic acids is 1. The van der Waals surface area contributed by atoms with Gasteiger partial charge in [-0.2, -0.15) is 0 Å². The van der Waals surface area contributed by atoms with E-state index in [9.17, 15) is 4.79 Å². The number of nitrogens with zero attached hydrogens (tertiary/aromatic N) is 5. The van der Waals surface area contributed by atoms with Gasteiger partial charge in [-0.1, -0.05) is 5.21 Å². The Morgan fingerprint density at radius 3 is 2.95 bits per heavy atom. The van der Waals surface area contributed by atoms with Crippen molar-refractivity contribution in [3.63, 3.8) is 0 Å². The number of carbonyl (C=O) groups is 1. The van der Waals surface area contributed by atoms with Gasteiger partial charge in [0.2, 0.25) is 0 Å². The van der Waals surface area contributed by atoms with E-state index in [0.717, 1.165) is 12.4 Å². The molecule has 2 heterocycles. The summed E-state index contributed by atoms with van der Waals surface area (Å²) in [5, 5.41) is 16.6. The first-order valence-corrected chi connectivity index (χ1v) is 6.03. The normalized spacial score (nSPS) is 10.8. The summed E-state index contributed by atoms with van der Waals surface area (Å²) in [6.45, 7) is 3.53. The quantitative estimate of drug-likeness (QED) is 0.743.